The molecule has 1 unspecified atom stereocenters. The SMILES string of the molecule is [CH2]C(C)CCCC1OCCCO1. The highest BCUT2D eigenvalue weighted by Crippen LogP contribution is 2.14. The van der Waals surface area contributed by atoms with Gasteiger partial charge in [-0.2, -0.15) is 0 Å². The molecular weight excluding hydrogens is 152 g/mol. The first-order valence-electron chi connectivity index (χ1n) is 4.85. The van der Waals surface area contributed by atoms with Crippen molar-refractivity contribution in [3.63, 3.8) is 0 Å². The zero-order valence-electron chi connectivity index (χ0n) is 7.92. The third-order valence-corrected chi connectivity index (χ3v) is 2.03. The summed E-state index contributed by atoms with van der Waals surface area (Å²) in [6.07, 6.45) is 4.47. The van der Waals surface area contributed by atoms with Gasteiger partial charge in [-0.1, -0.05) is 20.3 Å². The second-order valence-corrected chi connectivity index (χ2v) is 3.56. The van der Waals surface area contributed by atoms with Gasteiger partial charge in [-0.3, -0.25) is 0 Å². The van der Waals surface area contributed by atoms with Crippen molar-refractivity contribution in [1.82, 2.24) is 0 Å². The average molecular weight is 171 g/mol. The first-order valence-corrected chi connectivity index (χ1v) is 4.85. The number of ether oxygens (including phenoxy) is 2. The minimum atomic E-state index is 0.0671. The summed E-state index contributed by atoms with van der Waals surface area (Å²) in [6.45, 7) is 7.81. The Balaban J connectivity index is 1.98. The van der Waals surface area contributed by atoms with Gasteiger partial charge in [0.15, 0.2) is 6.29 Å². The van der Waals surface area contributed by atoms with Gasteiger partial charge < -0.3 is 9.47 Å². The molecule has 0 aliphatic carbocycles. The van der Waals surface area contributed by atoms with Crippen LogP contribution in [0.25, 0.3) is 0 Å². The molecule has 0 bridgehead atoms. The summed E-state index contributed by atoms with van der Waals surface area (Å²) in [4.78, 5) is 0. The van der Waals surface area contributed by atoms with Gasteiger partial charge in [0.25, 0.3) is 0 Å². The zero-order chi connectivity index (χ0) is 8.81. The van der Waals surface area contributed by atoms with Crippen molar-refractivity contribution in [3.05, 3.63) is 6.92 Å². The molecular formula is C10H19O2. The molecule has 71 valence electrons. The molecule has 1 aliphatic rings. The van der Waals surface area contributed by atoms with Crippen LogP contribution in [0.1, 0.15) is 32.6 Å². The van der Waals surface area contributed by atoms with Crippen LogP contribution in [-0.2, 0) is 9.47 Å². The van der Waals surface area contributed by atoms with Crippen LogP contribution in [0.2, 0.25) is 0 Å². The number of hydrogen-bond donors (Lipinski definition) is 0. The highest BCUT2D eigenvalue weighted by atomic mass is 16.7. The maximum atomic E-state index is 5.42. The van der Waals surface area contributed by atoms with Crippen LogP contribution in [0.4, 0.5) is 0 Å². The minimum Gasteiger partial charge on any atom is -0.353 e. The van der Waals surface area contributed by atoms with E-state index in [4.69, 9.17) is 9.47 Å². The predicted molar refractivity (Wildman–Crippen MR) is 48.7 cm³/mol. The second-order valence-electron chi connectivity index (χ2n) is 3.56. The van der Waals surface area contributed by atoms with Crippen molar-refractivity contribution in [3.8, 4) is 0 Å². The predicted octanol–water partition coefficient (Wildman–Crippen LogP) is 2.39. The Kier molecular flexibility index (Phi) is 4.62. The topological polar surface area (TPSA) is 18.5 Å². The summed E-state index contributed by atoms with van der Waals surface area (Å²) in [5.41, 5.74) is 0. The molecule has 2 heteroatoms. The van der Waals surface area contributed by atoms with Crippen LogP contribution in [0, 0.1) is 12.8 Å². The Hall–Kier alpha value is -0.0800. The monoisotopic (exact) mass is 171 g/mol. The van der Waals surface area contributed by atoms with Gasteiger partial charge >= 0.3 is 0 Å². The lowest BCUT2D eigenvalue weighted by Crippen LogP contribution is -2.24. The molecule has 0 aromatic heterocycles. The standard InChI is InChI=1S/C10H19O2/c1-9(2)5-3-6-10-11-7-4-8-12-10/h9-10H,1,3-8H2,2H3. The number of rotatable bonds is 4. The molecule has 0 saturated carbocycles. The maximum absolute atomic E-state index is 5.42. The molecule has 0 amide bonds. The van der Waals surface area contributed by atoms with Gasteiger partial charge in [-0.15, -0.1) is 0 Å². The van der Waals surface area contributed by atoms with Gasteiger partial charge in [0, 0.05) is 0 Å². The molecule has 2 nitrogen and oxygen atoms in total. The van der Waals surface area contributed by atoms with Crippen molar-refractivity contribution in [1.29, 1.82) is 0 Å². The van der Waals surface area contributed by atoms with Crippen molar-refractivity contribution in [2.24, 2.45) is 5.92 Å². The van der Waals surface area contributed by atoms with Crippen LogP contribution < -0.4 is 0 Å². The molecule has 1 saturated heterocycles. The van der Waals surface area contributed by atoms with Crippen molar-refractivity contribution in [2.45, 2.75) is 38.9 Å². The quantitative estimate of drug-likeness (QED) is 0.646. The zero-order valence-corrected chi connectivity index (χ0v) is 7.92. The molecule has 0 aromatic carbocycles. The van der Waals surface area contributed by atoms with Crippen molar-refractivity contribution >= 4 is 0 Å². The van der Waals surface area contributed by atoms with Crippen molar-refractivity contribution in [2.75, 3.05) is 13.2 Å². The van der Waals surface area contributed by atoms with E-state index in [0.717, 1.165) is 32.5 Å². The van der Waals surface area contributed by atoms with E-state index < -0.39 is 0 Å². The second kappa shape index (κ2) is 5.55. The molecule has 1 fully saturated rings. The van der Waals surface area contributed by atoms with E-state index in [1.165, 1.54) is 6.42 Å². The lowest BCUT2D eigenvalue weighted by atomic mass is 10.1. The summed E-state index contributed by atoms with van der Waals surface area (Å²) >= 11 is 0. The fourth-order valence-corrected chi connectivity index (χ4v) is 1.34. The van der Waals surface area contributed by atoms with Crippen LogP contribution in [-0.4, -0.2) is 19.5 Å². The fraction of sp³-hybridized carbons (Fsp3) is 0.900. The molecule has 1 aliphatic heterocycles. The first-order chi connectivity index (χ1) is 5.79. The Bertz CT molecular complexity index is 106. The van der Waals surface area contributed by atoms with E-state index in [-0.39, 0.29) is 6.29 Å². The van der Waals surface area contributed by atoms with Crippen molar-refractivity contribution < 1.29 is 9.47 Å². The van der Waals surface area contributed by atoms with Gasteiger partial charge in [0.1, 0.15) is 0 Å². The smallest absolute Gasteiger partial charge is 0.157 e. The normalized spacial score (nSPS) is 20.2. The summed E-state index contributed by atoms with van der Waals surface area (Å²) in [5, 5.41) is 0. The molecule has 0 aromatic rings. The van der Waals surface area contributed by atoms with E-state index in [0.29, 0.717) is 5.92 Å². The van der Waals surface area contributed by atoms with Gasteiger partial charge in [-0.25, -0.2) is 0 Å². The van der Waals surface area contributed by atoms with Crippen LogP contribution in [0.15, 0.2) is 0 Å². The summed E-state index contributed by atoms with van der Waals surface area (Å²) < 4.78 is 10.8. The third kappa shape index (κ3) is 4.07. The van der Waals surface area contributed by atoms with Gasteiger partial charge in [0.2, 0.25) is 0 Å². The van der Waals surface area contributed by atoms with Crippen LogP contribution in [0.3, 0.4) is 0 Å². The van der Waals surface area contributed by atoms with Crippen LogP contribution in [0.5, 0.6) is 0 Å². The molecule has 1 rings (SSSR count). The fourth-order valence-electron chi connectivity index (χ4n) is 1.34. The maximum Gasteiger partial charge on any atom is 0.157 e. The highest BCUT2D eigenvalue weighted by Gasteiger charge is 2.13. The third-order valence-electron chi connectivity index (χ3n) is 2.03. The molecule has 1 heterocycles. The van der Waals surface area contributed by atoms with Gasteiger partial charge in [0.05, 0.1) is 13.2 Å². The highest BCUT2D eigenvalue weighted by molar-refractivity contribution is 4.57. The molecule has 0 spiro atoms. The molecule has 0 N–H and O–H groups in total. The average Bonchev–Trinajstić information content (AvgIpc) is 2.05. The Labute approximate surface area is 75.2 Å². The Morgan fingerprint density at radius 2 is 2.08 bits per heavy atom. The minimum absolute atomic E-state index is 0.0671. The largest absolute Gasteiger partial charge is 0.353 e. The lowest BCUT2D eigenvalue weighted by molar-refractivity contribution is -0.181. The van der Waals surface area contributed by atoms with Crippen LogP contribution >= 0.6 is 0 Å². The lowest BCUT2D eigenvalue weighted by Gasteiger charge is -2.23. The Morgan fingerprint density at radius 3 is 2.67 bits per heavy atom. The van der Waals surface area contributed by atoms with E-state index in [1.54, 1.807) is 0 Å². The van der Waals surface area contributed by atoms with Gasteiger partial charge in [-0.05, 0) is 25.2 Å². The molecule has 1 radical (unpaired) electrons. The molecule has 1 atom stereocenters. The van der Waals surface area contributed by atoms with E-state index >= 15 is 0 Å². The number of hydrogen-bond acceptors (Lipinski definition) is 2. The van der Waals surface area contributed by atoms with E-state index in [1.807, 2.05) is 0 Å². The summed E-state index contributed by atoms with van der Waals surface area (Å²) in [6, 6.07) is 0. The molecule has 12 heavy (non-hydrogen) atoms. The first kappa shape index (κ1) is 10.0. The van der Waals surface area contributed by atoms with E-state index in [2.05, 4.69) is 13.8 Å². The summed E-state index contributed by atoms with van der Waals surface area (Å²) in [7, 11) is 0. The van der Waals surface area contributed by atoms with E-state index in [9.17, 15) is 0 Å². The summed E-state index contributed by atoms with van der Waals surface area (Å²) in [5.74, 6) is 0.550. The Morgan fingerprint density at radius 1 is 1.42 bits per heavy atom.